The SMILES string of the molecule is O=C(Cn1cc2ccccc2n1)N1Cc2[nH]cnc2C(c2cccc(O)c2)C1. The van der Waals surface area contributed by atoms with Gasteiger partial charge < -0.3 is 15.0 Å². The molecule has 1 amide bonds. The third-order valence-corrected chi connectivity index (χ3v) is 5.22. The van der Waals surface area contributed by atoms with Crippen molar-refractivity contribution in [3.05, 3.63) is 78.0 Å². The number of amides is 1. The third-order valence-electron chi connectivity index (χ3n) is 5.22. The lowest BCUT2D eigenvalue weighted by Gasteiger charge is -2.32. The van der Waals surface area contributed by atoms with E-state index in [1.165, 1.54) is 0 Å². The Balaban J connectivity index is 1.41. The Kier molecular flexibility index (Phi) is 3.86. The number of aromatic nitrogens is 4. The number of hydrogen-bond donors (Lipinski definition) is 2. The number of nitrogens with one attached hydrogen (secondary N) is 1. The Morgan fingerprint density at radius 2 is 2.11 bits per heavy atom. The molecule has 2 aromatic carbocycles. The molecule has 7 nitrogen and oxygen atoms in total. The van der Waals surface area contributed by atoms with Gasteiger partial charge in [-0.25, -0.2) is 4.98 Å². The molecule has 0 radical (unpaired) electrons. The number of aromatic hydroxyl groups is 1. The molecule has 3 heterocycles. The summed E-state index contributed by atoms with van der Waals surface area (Å²) in [5.74, 6) is 0.127. The van der Waals surface area contributed by atoms with Crippen LogP contribution in [0.15, 0.2) is 61.1 Å². The summed E-state index contributed by atoms with van der Waals surface area (Å²) >= 11 is 0. The second kappa shape index (κ2) is 6.53. The number of rotatable bonds is 3. The molecule has 2 aromatic heterocycles. The second-order valence-electron chi connectivity index (χ2n) is 7.07. The van der Waals surface area contributed by atoms with Crippen molar-refractivity contribution in [1.29, 1.82) is 0 Å². The molecule has 4 aromatic rings. The van der Waals surface area contributed by atoms with Gasteiger partial charge in [0, 0.05) is 24.0 Å². The number of imidazole rings is 1. The first kappa shape index (κ1) is 16.6. The zero-order valence-electron chi connectivity index (χ0n) is 15.1. The van der Waals surface area contributed by atoms with Crippen molar-refractivity contribution in [2.24, 2.45) is 0 Å². The zero-order valence-corrected chi connectivity index (χ0v) is 15.1. The number of carbonyl (C=O) groups is 1. The minimum absolute atomic E-state index is 0.00166. The van der Waals surface area contributed by atoms with Gasteiger partial charge in [-0.2, -0.15) is 5.10 Å². The number of benzene rings is 2. The van der Waals surface area contributed by atoms with Crippen molar-refractivity contribution in [3.63, 3.8) is 0 Å². The van der Waals surface area contributed by atoms with Gasteiger partial charge in [-0.1, -0.05) is 30.3 Å². The summed E-state index contributed by atoms with van der Waals surface area (Å²) in [6.45, 7) is 1.19. The standard InChI is InChI=1S/C21H19N5O2/c27-16-6-3-5-14(8-16)17-10-25(11-19-21(17)23-13-22-19)20(28)12-26-9-15-4-1-2-7-18(15)24-26/h1-9,13,17,27H,10-12H2,(H,22,23). The lowest BCUT2D eigenvalue weighted by molar-refractivity contribution is -0.133. The van der Waals surface area contributed by atoms with E-state index in [0.29, 0.717) is 13.1 Å². The number of carbonyl (C=O) groups excluding carboxylic acids is 1. The van der Waals surface area contributed by atoms with Gasteiger partial charge in [-0.3, -0.25) is 9.48 Å². The van der Waals surface area contributed by atoms with Crippen LogP contribution in [-0.4, -0.2) is 42.2 Å². The van der Waals surface area contributed by atoms with Gasteiger partial charge in [-0.05, 0) is 23.8 Å². The Labute approximate surface area is 161 Å². The summed E-state index contributed by atoms with van der Waals surface area (Å²) in [4.78, 5) is 22.4. The first-order chi connectivity index (χ1) is 13.7. The molecule has 28 heavy (non-hydrogen) atoms. The van der Waals surface area contributed by atoms with Gasteiger partial charge in [-0.15, -0.1) is 0 Å². The van der Waals surface area contributed by atoms with E-state index < -0.39 is 0 Å². The Morgan fingerprint density at radius 1 is 1.21 bits per heavy atom. The molecule has 1 atom stereocenters. The molecule has 0 saturated carbocycles. The molecule has 7 heteroatoms. The maximum absolute atomic E-state index is 13.0. The molecular formula is C21H19N5O2. The monoisotopic (exact) mass is 373 g/mol. The van der Waals surface area contributed by atoms with E-state index >= 15 is 0 Å². The molecule has 0 aliphatic carbocycles. The summed E-state index contributed by atoms with van der Waals surface area (Å²) in [6, 6.07) is 15.0. The van der Waals surface area contributed by atoms with Gasteiger partial charge in [0.2, 0.25) is 5.91 Å². The van der Waals surface area contributed by atoms with Gasteiger partial charge in [0.1, 0.15) is 12.3 Å². The molecule has 5 rings (SSSR count). The van der Waals surface area contributed by atoms with Crippen molar-refractivity contribution in [3.8, 4) is 5.75 Å². The van der Waals surface area contributed by atoms with Crippen LogP contribution in [0.5, 0.6) is 5.75 Å². The molecule has 0 spiro atoms. The highest BCUT2D eigenvalue weighted by Gasteiger charge is 2.31. The highest BCUT2D eigenvalue weighted by Crippen LogP contribution is 2.32. The first-order valence-electron chi connectivity index (χ1n) is 9.18. The predicted octanol–water partition coefficient (Wildman–Crippen LogP) is 2.64. The van der Waals surface area contributed by atoms with Crippen molar-refractivity contribution in [2.45, 2.75) is 19.0 Å². The van der Waals surface area contributed by atoms with Crippen LogP contribution in [0, 0.1) is 0 Å². The quantitative estimate of drug-likeness (QED) is 0.578. The molecule has 0 bridgehead atoms. The van der Waals surface area contributed by atoms with Crippen LogP contribution in [0.1, 0.15) is 22.9 Å². The fourth-order valence-corrected chi connectivity index (χ4v) is 3.85. The number of fused-ring (bicyclic) bond motifs is 2. The normalized spacial score (nSPS) is 16.3. The lowest BCUT2D eigenvalue weighted by Crippen LogP contribution is -2.40. The van der Waals surface area contributed by atoms with Gasteiger partial charge in [0.15, 0.2) is 0 Å². The molecule has 1 aliphatic rings. The van der Waals surface area contributed by atoms with Crippen molar-refractivity contribution in [2.75, 3.05) is 6.54 Å². The van der Waals surface area contributed by atoms with E-state index in [1.807, 2.05) is 47.5 Å². The van der Waals surface area contributed by atoms with E-state index in [2.05, 4.69) is 15.1 Å². The average molecular weight is 373 g/mol. The fourth-order valence-electron chi connectivity index (χ4n) is 3.85. The van der Waals surface area contributed by atoms with Crippen LogP contribution in [0.4, 0.5) is 0 Å². The maximum Gasteiger partial charge on any atom is 0.244 e. The minimum atomic E-state index is -0.0808. The van der Waals surface area contributed by atoms with Crippen molar-refractivity contribution >= 4 is 16.8 Å². The maximum atomic E-state index is 13.0. The molecular weight excluding hydrogens is 354 g/mol. The van der Waals surface area contributed by atoms with E-state index in [0.717, 1.165) is 27.9 Å². The Morgan fingerprint density at radius 3 is 2.96 bits per heavy atom. The van der Waals surface area contributed by atoms with Gasteiger partial charge in [0.05, 0.1) is 29.8 Å². The van der Waals surface area contributed by atoms with E-state index in [1.54, 1.807) is 23.1 Å². The van der Waals surface area contributed by atoms with Crippen LogP contribution in [-0.2, 0) is 17.9 Å². The highest BCUT2D eigenvalue weighted by molar-refractivity contribution is 5.80. The second-order valence-corrected chi connectivity index (χ2v) is 7.07. The zero-order chi connectivity index (χ0) is 19.1. The predicted molar refractivity (Wildman–Crippen MR) is 104 cm³/mol. The molecule has 1 unspecified atom stereocenters. The minimum Gasteiger partial charge on any atom is -0.508 e. The molecule has 2 N–H and O–H groups in total. The lowest BCUT2D eigenvalue weighted by atomic mass is 9.90. The summed E-state index contributed by atoms with van der Waals surface area (Å²) < 4.78 is 1.69. The number of phenols is 1. The van der Waals surface area contributed by atoms with Crippen molar-refractivity contribution < 1.29 is 9.90 Å². The smallest absolute Gasteiger partial charge is 0.244 e. The van der Waals surface area contributed by atoms with Crippen LogP contribution >= 0.6 is 0 Å². The number of nitrogens with zero attached hydrogens (tertiary/aromatic N) is 4. The summed E-state index contributed by atoms with van der Waals surface area (Å²) in [5.41, 5.74) is 3.68. The van der Waals surface area contributed by atoms with Crippen LogP contribution in [0.25, 0.3) is 10.9 Å². The Hall–Kier alpha value is -3.61. The van der Waals surface area contributed by atoms with Crippen LogP contribution in [0.2, 0.25) is 0 Å². The van der Waals surface area contributed by atoms with Crippen LogP contribution < -0.4 is 0 Å². The van der Waals surface area contributed by atoms with Crippen LogP contribution in [0.3, 0.4) is 0 Å². The van der Waals surface area contributed by atoms with Gasteiger partial charge >= 0.3 is 0 Å². The Bertz CT molecular complexity index is 1130. The fraction of sp³-hybridized carbons (Fsp3) is 0.190. The van der Waals surface area contributed by atoms with E-state index in [-0.39, 0.29) is 24.1 Å². The number of hydrogen-bond acceptors (Lipinski definition) is 4. The molecule has 0 fully saturated rings. The average Bonchev–Trinajstić information content (AvgIpc) is 3.33. The summed E-state index contributed by atoms with van der Waals surface area (Å²) in [7, 11) is 0. The van der Waals surface area contributed by atoms with Crippen molar-refractivity contribution in [1.82, 2.24) is 24.6 Å². The van der Waals surface area contributed by atoms with E-state index in [4.69, 9.17) is 0 Å². The molecule has 1 aliphatic heterocycles. The van der Waals surface area contributed by atoms with Gasteiger partial charge in [0.25, 0.3) is 0 Å². The summed E-state index contributed by atoms with van der Waals surface area (Å²) in [5, 5.41) is 15.4. The third kappa shape index (κ3) is 2.90. The summed E-state index contributed by atoms with van der Waals surface area (Å²) in [6.07, 6.45) is 3.56. The number of aromatic amines is 1. The largest absolute Gasteiger partial charge is 0.508 e. The van der Waals surface area contributed by atoms with E-state index in [9.17, 15) is 9.90 Å². The number of H-pyrrole nitrogens is 1. The topological polar surface area (TPSA) is 87.0 Å². The first-order valence-corrected chi connectivity index (χ1v) is 9.18. The number of phenolic OH excluding ortho intramolecular Hbond substituents is 1. The molecule has 140 valence electrons. The highest BCUT2D eigenvalue weighted by atomic mass is 16.3. The molecule has 0 saturated heterocycles.